The summed E-state index contributed by atoms with van der Waals surface area (Å²) in [6, 6.07) is 12.3. The highest BCUT2D eigenvalue weighted by molar-refractivity contribution is 5.89. The zero-order valence-electron chi connectivity index (χ0n) is 10.4. The van der Waals surface area contributed by atoms with Gasteiger partial charge in [-0.3, -0.25) is 4.79 Å². The topological polar surface area (TPSA) is 17.1 Å². The van der Waals surface area contributed by atoms with Gasteiger partial charge in [-0.25, -0.2) is 0 Å². The van der Waals surface area contributed by atoms with Crippen LogP contribution in [0.15, 0.2) is 36.4 Å². The number of carbonyl (C=O) groups excluding carboxylic acids is 1. The molecule has 0 saturated carbocycles. The average Bonchev–Trinajstić information content (AvgIpc) is 2.27. The lowest BCUT2D eigenvalue weighted by Crippen LogP contribution is -1.92. The molecule has 0 heterocycles. The van der Waals surface area contributed by atoms with Gasteiger partial charge in [0.05, 0.1) is 0 Å². The molecule has 0 N–H and O–H groups in total. The molecule has 2 rings (SSSR count). The van der Waals surface area contributed by atoms with Crippen molar-refractivity contribution in [1.29, 1.82) is 0 Å². The minimum Gasteiger partial charge on any atom is -0.298 e. The molecule has 2 aromatic rings. The number of rotatable bonds is 2. The molecule has 0 amide bonds. The van der Waals surface area contributed by atoms with Crippen LogP contribution in [0.25, 0.3) is 11.1 Å². The fourth-order valence-corrected chi connectivity index (χ4v) is 2.22. The number of aldehydes is 1. The Morgan fingerprint density at radius 2 is 1.59 bits per heavy atom. The molecular weight excluding hydrogens is 208 g/mol. The first-order valence-corrected chi connectivity index (χ1v) is 5.75. The van der Waals surface area contributed by atoms with Crippen LogP contribution in [0.2, 0.25) is 0 Å². The highest BCUT2D eigenvalue weighted by atomic mass is 16.1. The normalized spacial score (nSPS) is 10.3. The van der Waals surface area contributed by atoms with Gasteiger partial charge >= 0.3 is 0 Å². The van der Waals surface area contributed by atoms with Gasteiger partial charge in [0.2, 0.25) is 0 Å². The molecule has 86 valence electrons. The van der Waals surface area contributed by atoms with Gasteiger partial charge in [0.25, 0.3) is 0 Å². The number of benzene rings is 2. The van der Waals surface area contributed by atoms with E-state index in [1.54, 1.807) is 0 Å². The zero-order chi connectivity index (χ0) is 12.4. The van der Waals surface area contributed by atoms with Crippen molar-refractivity contribution in [2.45, 2.75) is 20.8 Å². The van der Waals surface area contributed by atoms with E-state index in [-0.39, 0.29) is 0 Å². The molecule has 0 saturated heterocycles. The van der Waals surface area contributed by atoms with E-state index in [1.807, 2.05) is 25.1 Å². The molecule has 1 heteroatoms. The summed E-state index contributed by atoms with van der Waals surface area (Å²) in [6.45, 7) is 6.12. The minimum atomic E-state index is 0.789. The maximum absolute atomic E-state index is 11.2. The third-order valence-corrected chi connectivity index (χ3v) is 2.97. The second-order valence-corrected chi connectivity index (χ2v) is 4.53. The van der Waals surface area contributed by atoms with Gasteiger partial charge in [-0.05, 0) is 37.5 Å². The molecule has 0 bridgehead atoms. The van der Waals surface area contributed by atoms with Crippen LogP contribution in [-0.2, 0) is 0 Å². The van der Waals surface area contributed by atoms with Crippen molar-refractivity contribution < 1.29 is 4.79 Å². The first kappa shape index (κ1) is 11.6. The van der Waals surface area contributed by atoms with Crippen LogP contribution < -0.4 is 0 Å². The second-order valence-electron chi connectivity index (χ2n) is 4.53. The maximum atomic E-state index is 11.2. The van der Waals surface area contributed by atoms with Crippen molar-refractivity contribution >= 4 is 6.29 Å². The molecule has 0 atom stereocenters. The summed E-state index contributed by atoms with van der Waals surface area (Å²) in [4.78, 5) is 11.2. The summed E-state index contributed by atoms with van der Waals surface area (Å²) >= 11 is 0. The lowest BCUT2D eigenvalue weighted by molar-refractivity contribution is 0.112. The van der Waals surface area contributed by atoms with Crippen LogP contribution in [0.1, 0.15) is 27.0 Å². The van der Waals surface area contributed by atoms with Crippen molar-refractivity contribution in [3.05, 3.63) is 58.7 Å². The summed E-state index contributed by atoms with van der Waals surface area (Å²) in [6.07, 6.45) is 0.947. The number of hydrogen-bond donors (Lipinski definition) is 0. The quantitative estimate of drug-likeness (QED) is 0.702. The molecule has 0 aliphatic rings. The SMILES string of the molecule is Cc1cc(C)cc(-c2cccc(C)c2C=O)c1. The lowest BCUT2D eigenvalue weighted by atomic mass is 9.94. The van der Waals surface area contributed by atoms with Crippen molar-refractivity contribution in [3.63, 3.8) is 0 Å². The molecule has 0 aliphatic carbocycles. The van der Waals surface area contributed by atoms with E-state index in [9.17, 15) is 4.79 Å². The zero-order valence-corrected chi connectivity index (χ0v) is 10.4. The van der Waals surface area contributed by atoms with Gasteiger partial charge in [-0.15, -0.1) is 0 Å². The van der Waals surface area contributed by atoms with Gasteiger partial charge in [0.1, 0.15) is 0 Å². The largest absolute Gasteiger partial charge is 0.298 e. The van der Waals surface area contributed by atoms with Gasteiger partial charge < -0.3 is 0 Å². The van der Waals surface area contributed by atoms with Crippen molar-refractivity contribution in [2.24, 2.45) is 0 Å². The predicted octanol–water partition coefficient (Wildman–Crippen LogP) is 4.09. The molecule has 2 aromatic carbocycles. The molecule has 0 aromatic heterocycles. The van der Waals surface area contributed by atoms with E-state index in [1.165, 1.54) is 11.1 Å². The Labute approximate surface area is 102 Å². The van der Waals surface area contributed by atoms with E-state index < -0.39 is 0 Å². The fourth-order valence-electron chi connectivity index (χ4n) is 2.22. The first-order valence-electron chi connectivity index (χ1n) is 5.75. The maximum Gasteiger partial charge on any atom is 0.150 e. The monoisotopic (exact) mass is 224 g/mol. The van der Waals surface area contributed by atoms with Gasteiger partial charge in [0, 0.05) is 5.56 Å². The first-order chi connectivity index (χ1) is 8.11. The Morgan fingerprint density at radius 1 is 0.941 bits per heavy atom. The smallest absolute Gasteiger partial charge is 0.150 e. The van der Waals surface area contributed by atoms with Gasteiger partial charge in [-0.1, -0.05) is 47.5 Å². The summed E-state index contributed by atoms with van der Waals surface area (Å²) in [5.74, 6) is 0. The summed E-state index contributed by atoms with van der Waals surface area (Å²) in [5.41, 5.74) is 6.39. The third kappa shape index (κ3) is 2.28. The Morgan fingerprint density at radius 3 is 2.18 bits per heavy atom. The van der Waals surface area contributed by atoms with Gasteiger partial charge in [0.15, 0.2) is 6.29 Å². The predicted molar refractivity (Wildman–Crippen MR) is 71.5 cm³/mol. The molecule has 1 nitrogen and oxygen atoms in total. The van der Waals surface area contributed by atoms with Crippen LogP contribution in [0, 0.1) is 20.8 Å². The Balaban J connectivity index is 2.67. The highest BCUT2D eigenvalue weighted by Crippen LogP contribution is 2.26. The molecule has 0 radical (unpaired) electrons. The standard InChI is InChI=1S/C16H16O/c1-11-7-12(2)9-14(8-11)15-6-4-5-13(3)16(15)10-17/h4-10H,1-3H3. The number of aryl methyl sites for hydroxylation is 3. The number of carbonyl (C=O) groups is 1. The van der Waals surface area contributed by atoms with Crippen molar-refractivity contribution in [2.75, 3.05) is 0 Å². The summed E-state index contributed by atoms with van der Waals surface area (Å²) < 4.78 is 0. The van der Waals surface area contributed by atoms with Crippen LogP contribution in [0.5, 0.6) is 0 Å². The van der Waals surface area contributed by atoms with Crippen LogP contribution in [0.3, 0.4) is 0 Å². The molecule has 17 heavy (non-hydrogen) atoms. The molecule has 0 unspecified atom stereocenters. The summed E-state index contributed by atoms with van der Waals surface area (Å²) in [7, 11) is 0. The fraction of sp³-hybridized carbons (Fsp3) is 0.188. The van der Waals surface area contributed by atoms with Gasteiger partial charge in [-0.2, -0.15) is 0 Å². The van der Waals surface area contributed by atoms with E-state index >= 15 is 0 Å². The van der Waals surface area contributed by atoms with Crippen molar-refractivity contribution in [3.8, 4) is 11.1 Å². The molecule has 0 spiro atoms. The van der Waals surface area contributed by atoms with Crippen LogP contribution >= 0.6 is 0 Å². The van der Waals surface area contributed by atoms with E-state index in [0.29, 0.717) is 0 Å². The molecular formula is C16H16O. The Bertz CT molecular complexity index is 547. The molecule has 0 fully saturated rings. The Kier molecular flexibility index (Phi) is 3.10. The Hall–Kier alpha value is -1.89. The van der Waals surface area contributed by atoms with E-state index in [4.69, 9.17) is 0 Å². The lowest BCUT2D eigenvalue weighted by Gasteiger charge is -2.09. The molecule has 0 aliphatic heterocycles. The van der Waals surface area contributed by atoms with Crippen molar-refractivity contribution in [1.82, 2.24) is 0 Å². The van der Waals surface area contributed by atoms with Crippen LogP contribution in [0.4, 0.5) is 0 Å². The highest BCUT2D eigenvalue weighted by Gasteiger charge is 2.07. The minimum absolute atomic E-state index is 0.789. The third-order valence-electron chi connectivity index (χ3n) is 2.97. The average molecular weight is 224 g/mol. The summed E-state index contributed by atoms with van der Waals surface area (Å²) in [5, 5.41) is 0. The van der Waals surface area contributed by atoms with E-state index in [2.05, 4.69) is 32.0 Å². The second kappa shape index (κ2) is 4.54. The van der Waals surface area contributed by atoms with E-state index in [0.717, 1.165) is 28.5 Å². The van der Waals surface area contributed by atoms with Crippen LogP contribution in [-0.4, -0.2) is 6.29 Å². The number of hydrogen-bond acceptors (Lipinski definition) is 1.